The summed E-state index contributed by atoms with van der Waals surface area (Å²) in [6.45, 7) is 1.09. The van der Waals surface area contributed by atoms with Crippen molar-refractivity contribution >= 4 is 22.4 Å². The van der Waals surface area contributed by atoms with Crippen molar-refractivity contribution in [1.29, 1.82) is 0 Å². The third-order valence-electron chi connectivity index (χ3n) is 6.29. The number of fused-ring (bicyclic) bond motifs is 1. The molecule has 2 heterocycles. The zero-order valence-electron chi connectivity index (χ0n) is 18.9. The van der Waals surface area contributed by atoms with Crippen molar-refractivity contribution in [2.24, 2.45) is 0 Å². The molecule has 1 atom stereocenters. The van der Waals surface area contributed by atoms with E-state index in [0.717, 1.165) is 47.1 Å². The number of anilines is 1. The number of rotatable bonds is 8. The Morgan fingerprint density at radius 2 is 1.74 bits per heavy atom. The summed E-state index contributed by atoms with van der Waals surface area (Å²) in [6.07, 6.45) is 4.41. The fraction of sp³-hybridized carbons (Fsp3) is 0.250. The van der Waals surface area contributed by atoms with Crippen LogP contribution in [-0.2, 0) is 17.6 Å². The van der Waals surface area contributed by atoms with Crippen molar-refractivity contribution in [2.45, 2.75) is 31.7 Å². The van der Waals surface area contributed by atoms with Crippen molar-refractivity contribution < 1.29 is 14.6 Å². The van der Waals surface area contributed by atoms with Crippen LogP contribution in [0.5, 0.6) is 11.6 Å². The van der Waals surface area contributed by atoms with Crippen molar-refractivity contribution in [3.8, 4) is 11.6 Å². The molecule has 0 unspecified atom stereocenters. The van der Waals surface area contributed by atoms with Gasteiger partial charge in [-0.1, -0.05) is 42.5 Å². The molecule has 0 bridgehead atoms. The molecule has 1 aliphatic heterocycles. The first-order valence-corrected chi connectivity index (χ1v) is 11.6. The lowest BCUT2D eigenvalue weighted by atomic mass is 10.0. The predicted octanol–water partition coefficient (Wildman–Crippen LogP) is 4.74. The van der Waals surface area contributed by atoms with Gasteiger partial charge < -0.3 is 14.7 Å². The number of aliphatic hydroxyl groups is 1. The summed E-state index contributed by atoms with van der Waals surface area (Å²) >= 11 is 0. The maximum absolute atomic E-state index is 12.4. The number of carbonyl (C=O) groups excluding carboxylic acids is 1. The Hall–Kier alpha value is -3.77. The van der Waals surface area contributed by atoms with Gasteiger partial charge in [-0.25, -0.2) is 9.97 Å². The second-order valence-electron chi connectivity index (χ2n) is 8.68. The maximum atomic E-state index is 12.4. The zero-order valence-corrected chi connectivity index (χ0v) is 18.9. The molecule has 1 N–H and O–H groups in total. The molecule has 172 valence electrons. The van der Waals surface area contributed by atoms with Gasteiger partial charge in [-0.05, 0) is 54.3 Å². The number of ether oxygens (including phenoxy) is 1. The largest absolute Gasteiger partial charge is 0.438 e. The molecule has 5 rings (SSSR count). The van der Waals surface area contributed by atoms with E-state index < -0.39 is 0 Å². The highest BCUT2D eigenvalue weighted by Crippen LogP contribution is 2.32. The van der Waals surface area contributed by atoms with Gasteiger partial charge in [0.05, 0.1) is 23.6 Å². The molecule has 6 heteroatoms. The van der Waals surface area contributed by atoms with E-state index >= 15 is 0 Å². The number of ketones is 1. The molecule has 0 aliphatic carbocycles. The first kappa shape index (κ1) is 22.0. The van der Waals surface area contributed by atoms with E-state index in [1.165, 1.54) is 6.33 Å². The second-order valence-corrected chi connectivity index (χ2v) is 8.68. The van der Waals surface area contributed by atoms with Crippen molar-refractivity contribution in [1.82, 2.24) is 9.97 Å². The van der Waals surface area contributed by atoms with Crippen LogP contribution in [0.4, 0.5) is 5.69 Å². The van der Waals surface area contributed by atoms with Crippen molar-refractivity contribution in [2.75, 3.05) is 18.1 Å². The van der Waals surface area contributed by atoms with Crippen molar-refractivity contribution in [3.63, 3.8) is 0 Å². The Morgan fingerprint density at radius 1 is 0.971 bits per heavy atom. The molecule has 0 radical (unpaired) electrons. The monoisotopic (exact) mass is 453 g/mol. The number of hydrogen-bond acceptors (Lipinski definition) is 6. The van der Waals surface area contributed by atoms with Gasteiger partial charge >= 0.3 is 0 Å². The number of aromatic nitrogens is 2. The lowest BCUT2D eigenvalue weighted by Crippen LogP contribution is -2.31. The molecule has 1 aromatic heterocycles. The quantitative estimate of drug-likeness (QED) is 0.415. The third kappa shape index (κ3) is 4.92. The molecule has 6 nitrogen and oxygen atoms in total. The van der Waals surface area contributed by atoms with Gasteiger partial charge in [0.25, 0.3) is 0 Å². The minimum absolute atomic E-state index is 0.157. The second kappa shape index (κ2) is 10.0. The third-order valence-corrected chi connectivity index (χ3v) is 6.29. The Kier molecular flexibility index (Phi) is 6.49. The molecule has 1 saturated heterocycles. The summed E-state index contributed by atoms with van der Waals surface area (Å²) in [5, 5.41) is 10.5. The van der Waals surface area contributed by atoms with E-state index in [0.29, 0.717) is 24.5 Å². The molecular formula is C28H27N3O3. The fourth-order valence-corrected chi connectivity index (χ4v) is 4.55. The van der Waals surface area contributed by atoms with E-state index in [-0.39, 0.29) is 18.4 Å². The number of hydrogen-bond donors (Lipinski definition) is 1. The van der Waals surface area contributed by atoms with Crippen LogP contribution in [0.15, 0.2) is 79.1 Å². The SMILES string of the molecule is O=C(Cc1ccccc1)Cc1ccc(Oc2ncnc3cc(N4CCC[C@@H]4CO)ccc23)cc1. The highest BCUT2D eigenvalue weighted by molar-refractivity contribution is 5.86. The van der Waals surface area contributed by atoms with E-state index in [9.17, 15) is 9.90 Å². The Morgan fingerprint density at radius 3 is 2.50 bits per heavy atom. The van der Waals surface area contributed by atoms with Crippen molar-refractivity contribution in [3.05, 3.63) is 90.3 Å². The number of Topliss-reactive ketones (excluding diaryl/α,β-unsaturated/α-hetero) is 1. The van der Waals surface area contributed by atoms with E-state index in [1.54, 1.807) is 0 Å². The van der Waals surface area contributed by atoms with Crippen LogP contribution in [0.2, 0.25) is 0 Å². The first-order valence-electron chi connectivity index (χ1n) is 11.6. The lowest BCUT2D eigenvalue weighted by Gasteiger charge is -2.25. The molecule has 1 aliphatic rings. The molecule has 0 amide bonds. The molecule has 4 aromatic rings. The zero-order chi connectivity index (χ0) is 23.3. The van der Waals surface area contributed by atoms with Crippen LogP contribution < -0.4 is 9.64 Å². The highest BCUT2D eigenvalue weighted by atomic mass is 16.5. The molecule has 0 spiro atoms. The van der Waals surface area contributed by atoms with Gasteiger partial charge in [0.2, 0.25) is 5.88 Å². The Balaban J connectivity index is 1.28. The first-order chi connectivity index (χ1) is 16.7. The van der Waals surface area contributed by atoms with Gasteiger partial charge in [-0.3, -0.25) is 4.79 Å². The minimum Gasteiger partial charge on any atom is -0.438 e. The summed E-state index contributed by atoms with van der Waals surface area (Å²) in [5.41, 5.74) is 3.84. The van der Waals surface area contributed by atoms with Gasteiger partial charge in [-0.15, -0.1) is 0 Å². The van der Waals surface area contributed by atoms with Crippen LogP contribution in [-0.4, -0.2) is 40.1 Å². The van der Waals surface area contributed by atoms with E-state index in [1.807, 2.05) is 72.8 Å². The summed E-state index contributed by atoms with van der Waals surface area (Å²) in [4.78, 5) is 23.4. The van der Waals surface area contributed by atoms with E-state index in [4.69, 9.17) is 4.74 Å². The smallest absolute Gasteiger partial charge is 0.230 e. The molecule has 1 fully saturated rings. The number of carbonyl (C=O) groups is 1. The van der Waals surface area contributed by atoms with Crippen LogP contribution in [0.3, 0.4) is 0 Å². The van der Waals surface area contributed by atoms with E-state index in [2.05, 4.69) is 14.9 Å². The molecule has 34 heavy (non-hydrogen) atoms. The van der Waals surface area contributed by atoms with Crippen LogP contribution in [0.1, 0.15) is 24.0 Å². The van der Waals surface area contributed by atoms with Gasteiger partial charge in [0, 0.05) is 25.1 Å². The fourth-order valence-electron chi connectivity index (χ4n) is 4.55. The highest BCUT2D eigenvalue weighted by Gasteiger charge is 2.24. The Labute approximate surface area is 198 Å². The topological polar surface area (TPSA) is 75.5 Å². The average Bonchev–Trinajstić information content (AvgIpc) is 3.35. The average molecular weight is 454 g/mol. The maximum Gasteiger partial charge on any atom is 0.230 e. The summed E-state index contributed by atoms with van der Waals surface area (Å²) < 4.78 is 6.07. The number of benzene rings is 3. The molecule has 0 saturated carbocycles. The normalized spacial score (nSPS) is 15.6. The summed E-state index contributed by atoms with van der Waals surface area (Å²) in [6, 6.07) is 23.6. The number of nitrogens with zero attached hydrogens (tertiary/aromatic N) is 3. The lowest BCUT2D eigenvalue weighted by molar-refractivity contribution is -0.117. The van der Waals surface area contributed by atoms with Gasteiger partial charge in [-0.2, -0.15) is 0 Å². The minimum atomic E-state index is 0.157. The summed E-state index contributed by atoms with van der Waals surface area (Å²) in [7, 11) is 0. The predicted molar refractivity (Wildman–Crippen MR) is 132 cm³/mol. The standard InChI is InChI=1S/C28H27N3O3/c32-18-23-7-4-14-31(23)22-10-13-26-27(17-22)29-19-30-28(26)34-25-11-8-21(9-12-25)16-24(33)15-20-5-2-1-3-6-20/h1-3,5-6,8-13,17,19,23,32H,4,7,14-16,18H2/t23-/m1/s1. The molecule has 3 aromatic carbocycles. The van der Waals surface area contributed by atoms with Crippen LogP contribution in [0.25, 0.3) is 10.9 Å². The number of aliphatic hydroxyl groups excluding tert-OH is 1. The van der Waals surface area contributed by atoms with Gasteiger partial charge in [0.15, 0.2) is 0 Å². The molecular weight excluding hydrogens is 426 g/mol. The Bertz CT molecular complexity index is 1280. The summed E-state index contributed by atoms with van der Waals surface area (Å²) in [5.74, 6) is 1.33. The van der Waals surface area contributed by atoms with Crippen LogP contribution >= 0.6 is 0 Å². The van der Waals surface area contributed by atoms with Crippen LogP contribution in [0, 0.1) is 0 Å². The van der Waals surface area contributed by atoms with Gasteiger partial charge in [0.1, 0.15) is 17.9 Å².